The number of hydrogen-bond donors (Lipinski definition) is 1. The number of carbonyl (C=O) groups is 1. The molecule has 1 atom stereocenters. The Bertz CT molecular complexity index is 1820. The number of alkyl halides is 4. The molecule has 0 radical (unpaired) electrons. The van der Waals surface area contributed by atoms with Crippen molar-refractivity contribution in [1.29, 1.82) is 0 Å². The Morgan fingerprint density at radius 1 is 1.14 bits per heavy atom. The summed E-state index contributed by atoms with van der Waals surface area (Å²) >= 11 is 0. The first-order valence-electron chi connectivity index (χ1n) is 13.3. The third-order valence-electron chi connectivity index (χ3n) is 7.36. The molecule has 1 aliphatic rings. The van der Waals surface area contributed by atoms with Crippen LogP contribution in [0.4, 0.5) is 23.2 Å². The normalized spacial score (nSPS) is 17.5. The van der Waals surface area contributed by atoms with E-state index in [0.29, 0.717) is 35.3 Å². The molecule has 2 aromatic carbocycles. The number of hydrogen-bond acceptors (Lipinski definition) is 6. The fourth-order valence-electron chi connectivity index (χ4n) is 5.21. The van der Waals surface area contributed by atoms with Crippen molar-refractivity contribution in [2.75, 3.05) is 20.1 Å². The van der Waals surface area contributed by atoms with Gasteiger partial charge in [0.2, 0.25) is 11.7 Å². The van der Waals surface area contributed by atoms with Gasteiger partial charge in [-0.1, -0.05) is 17.3 Å². The van der Waals surface area contributed by atoms with Gasteiger partial charge in [-0.25, -0.2) is 4.39 Å². The molecule has 1 aliphatic heterocycles. The van der Waals surface area contributed by atoms with Gasteiger partial charge in [0.05, 0.1) is 29.2 Å². The van der Waals surface area contributed by atoms with Crippen molar-refractivity contribution < 1.29 is 26.9 Å². The van der Waals surface area contributed by atoms with Crippen LogP contribution in [-0.4, -0.2) is 68.3 Å². The predicted octanol–water partition coefficient (Wildman–Crippen LogP) is 5.42. The standard InChI is InChI=1S/C29H27F4N7O2/c1-38-10-9-22(20(30)15-38)35-21-4-3-5-23-19(21)13-25(40(23)16-29(31,32)33)27-36-26(42-37-27)14-34-28(41)18-7-6-17-8-11-39(2)24(17)12-18/h3-8,11-13,20H,9-10,14-16H2,1-2H3,(H,34,41)/t20-/m0/s1. The van der Waals surface area contributed by atoms with Gasteiger partial charge in [-0.2, -0.15) is 18.2 Å². The van der Waals surface area contributed by atoms with Crippen molar-refractivity contribution in [3.8, 4) is 11.5 Å². The SMILES string of the molecule is CN1CCC(=Nc2cccc3c2cc(-c2noc(CNC(=O)c4ccc5ccn(C)c5c4)n2)n3CC(F)(F)F)[C@@H](F)C1. The third-order valence-corrected chi connectivity index (χ3v) is 7.36. The van der Waals surface area contributed by atoms with Gasteiger partial charge in [-0.05, 0) is 48.8 Å². The van der Waals surface area contributed by atoms with Gasteiger partial charge < -0.3 is 23.9 Å². The largest absolute Gasteiger partial charge is 0.406 e. The molecule has 0 aliphatic carbocycles. The maximum absolute atomic E-state index is 14.7. The van der Waals surface area contributed by atoms with Crippen LogP contribution in [0.15, 0.2) is 64.2 Å². The highest BCUT2D eigenvalue weighted by Crippen LogP contribution is 2.36. The second kappa shape index (κ2) is 10.7. The molecule has 1 fully saturated rings. The zero-order chi connectivity index (χ0) is 29.6. The second-order valence-electron chi connectivity index (χ2n) is 10.4. The zero-order valence-corrected chi connectivity index (χ0v) is 22.8. The monoisotopic (exact) mass is 581 g/mol. The van der Waals surface area contributed by atoms with Crippen LogP contribution < -0.4 is 5.32 Å². The first-order valence-corrected chi connectivity index (χ1v) is 13.3. The summed E-state index contributed by atoms with van der Waals surface area (Å²) in [6.45, 7) is -0.580. The molecule has 0 saturated carbocycles. The van der Waals surface area contributed by atoms with E-state index in [-0.39, 0.29) is 41.9 Å². The number of aryl methyl sites for hydroxylation is 1. The maximum Gasteiger partial charge on any atom is 0.406 e. The lowest BCUT2D eigenvalue weighted by molar-refractivity contribution is -0.139. The summed E-state index contributed by atoms with van der Waals surface area (Å²) in [6, 6.07) is 13.5. The summed E-state index contributed by atoms with van der Waals surface area (Å²) in [5.41, 5.74) is 2.36. The predicted molar refractivity (Wildman–Crippen MR) is 149 cm³/mol. The zero-order valence-electron chi connectivity index (χ0n) is 22.8. The number of nitrogens with zero attached hydrogens (tertiary/aromatic N) is 6. The molecule has 1 saturated heterocycles. The van der Waals surface area contributed by atoms with Crippen molar-refractivity contribution in [2.45, 2.75) is 31.9 Å². The Morgan fingerprint density at radius 2 is 1.98 bits per heavy atom. The van der Waals surface area contributed by atoms with Crippen LogP contribution >= 0.6 is 0 Å². The van der Waals surface area contributed by atoms with Crippen LogP contribution in [-0.2, 0) is 20.1 Å². The van der Waals surface area contributed by atoms with Crippen LogP contribution in [0.1, 0.15) is 22.7 Å². The molecule has 5 aromatic rings. The number of amides is 1. The van der Waals surface area contributed by atoms with Gasteiger partial charge in [-0.15, -0.1) is 0 Å². The van der Waals surface area contributed by atoms with Crippen molar-refractivity contribution in [2.24, 2.45) is 12.0 Å². The van der Waals surface area contributed by atoms with Gasteiger partial charge >= 0.3 is 6.18 Å². The molecule has 4 heterocycles. The lowest BCUT2D eigenvalue weighted by Crippen LogP contribution is -2.39. The highest BCUT2D eigenvalue weighted by atomic mass is 19.4. The van der Waals surface area contributed by atoms with Gasteiger partial charge in [-0.3, -0.25) is 9.79 Å². The number of nitrogens with one attached hydrogen (secondary N) is 1. The first-order chi connectivity index (χ1) is 20.1. The molecule has 0 bridgehead atoms. The summed E-state index contributed by atoms with van der Waals surface area (Å²) in [6.07, 6.45) is -3.49. The van der Waals surface area contributed by atoms with Crippen molar-refractivity contribution in [3.05, 3.63) is 66.2 Å². The van der Waals surface area contributed by atoms with E-state index in [1.54, 1.807) is 30.3 Å². The number of piperidine rings is 1. The molecule has 1 N–H and O–H groups in total. The average molecular weight is 582 g/mol. The molecule has 1 amide bonds. The van der Waals surface area contributed by atoms with Gasteiger partial charge in [0.1, 0.15) is 6.54 Å². The van der Waals surface area contributed by atoms with E-state index in [4.69, 9.17) is 4.52 Å². The van der Waals surface area contributed by atoms with E-state index in [2.05, 4.69) is 20.4 Å². The second-order valence-corrected chi connectivity index (χ2v) is 10.4. The van der Waals surface area contributed by atoms with Crippen LogP contribution in [0, 0.1) is 0 Å². The van der Waals surface area contributed by atoms with E-state index < -0.39 is 18.9 Å². The topological polar surface area (TPSA) is 93.5 Å². The van der Waals surface area contributed by atoms with Crippen molar-refractivity contribution in [3.63, 3.8) is 0 Å². The van der Waals surface area contributed by atoms with Crippen LogP contribution in [0.25, 0.3) is 33.3 Å². The Balaban J connectivity index is 1.29. The number of aliphatic imine (C=N–C) groups is 1. The van der Waals surface area contributed by atoms with E-state index in [0.717, 1.165) is 15.5 Å². The van der Waals surface area contributed by atoms with E-state index in [1.807, 2.05) is 41.9 Å². The van der Waals surface area contributed by atoms with Crippen LogP contribution in [0.5, 0.6) is 0 Å². The molecule has 13 heteroatoms. The molecular formula is C29H27F4N7O2. The maximum atomic E-state index is 14.7. The minimum atomic E-state index is -4.54. The Hall–Kier alpha value is -4.52. The first kappa shape index (κ1) is 27.6. The summed E-state index contributed by atoms with van der Waals surface area (Å²) in [7, 11) is 3.70. The summed E-state index contributed by atoms with van der Waals surface area (Å²) in [5.74, 6) is -0.423. The number of likely N-dealkylation sites (tertiary alicyclic amines) is 1. The number of rotatable bonds is 6. The molecule has 3 aromatic heterocycles. The van der Waals surface area contributed by atoms with Gasteiger partial charge in [0.15, 0.2) is 6.17 Å². The van der Waals surface area contributed by atoms with E-state index >= 15 is 0 Å². The van der Waals surface area contributed by atoms with Crippen molar-refractivity contribution >= 4 is 39.1 Å². The van der Waals surface area contributed by atoms with E-state index in [9.17, 15) is 22.4 Å². The Morgan fingerprint density at radius 3 is 2.76 bits per heavy atom. The summed E-state index contributed by atoms with van der Waals surface area (Å²) in [5, 5.41) is 8.02. The lowest BCUT2D eigenvalue weighted by atomic mass is 10.1. The fraction of sp³-hybridized carbons (Fsp3) is 0.310. The number of fused-ring (bicyclic) bond motifs is 2. The molecule has 218 valence electrons. The third kappa shape index (κ3) is 5.51. The molecule has 0 unspecified atom stereocenters. The van der Waals surface area contributed by atoms with Crippen molar-refractivity contribution in [1.82, 2.24) is 29.5 Å². The number of halogens is 4. The molecule has 0 spiro atoms. The number of carbonyl (C=O) groups excluding carboxylic acids is 1. The smallest absolute Gasteiger partial charge is 0.351 e. The molecule has 42 heavy (non-hydrogen) atoms. The van der Waals surface area contributed by atoms with Crippen LogP contribution in [0.2, 0.25) is 0 Å². The summed E-state index contributed by atoms with van der Waals surface area (Å²) in [4.78, 5) is 23.4. The molecule has 9 nitrogen and oxygen atoms in total. The quantitative estimate of drug-likeness (QED) is 0.270. The highest BCUT2D eigenvalue weighted by Gasteiger charge is 2.31. The highest BCUT2D eigenvalue weighted by molar-refractivity contribution is 6.00. The Kier molecular flexibility index (Phi) is 7.05. The minimum absolute atomic E-state index is 0.0224. The number of aromatic nitrogens is 4. The lowest BCUT2D eigenvalue weighted by Gasteiger charge is -2.26. The van der Waals surface area contributed by atoms with Gasteiger partial charge in [0.25, 0.3) is 5.91 Å². The Labute approximate surface area is 237 Å². The summed E-state index contributed by atoms with van der Waals surface area (Å²) < 4.78 is 63.9. The molecular weight excluding hydrogens is 554 g/mol. The van der Waals surface area contributed by atoms with E-state index in [1.165, 1.54) is 6.07 Å². The van der Waals surface area contributed by atoms with Crippen LogP contribution in [0.3, 0.4) is 0 Å². The number of benzene rings is 2. The van der Waals surface area contributed by atoms with Gasteiger partial charge in [0, 0.05) is 49.2 Å². The minimum Gasteiger partial charge on any atom is -0.351 e. The molecule has 6 rings (SSSR count). The average Bonchev–Trinajstić information content (AvgIpc) is 3.66. The fourth-order valence-corrected chi connectivity index (χ4v) is 5.21.